The maximum absolute atomic E-state index is 12.2. The van der Waals surface area contributed by atoms with Crippen molar-refractivity contribution in [2.24, 2.45) is 0 Å². The number of nitrogens with one attached hydrogen (secondary N) is 1. The number of rotatable bonds is 7. The number of nitrogens with zero attached hydrogens (tertiary/aromatic N) is 1. The number of nitro groups is 1. The fraction of sp³-hybridized carbons (Fsp3) is 0.235. The summed E-state index contributed by atoms with van der Waals surface area (Å²) < 4.78 is 10.6. The van der Waals surface area contributed by atoms with Crippen LogP contribution in [0.2, 0.25) is 5.02 Å². The van der Waals surface area contributed by atoms with E-state index in [2.05, 4.69) is 5.32 Å². The van der Waals surface area contributed by atoms with Crippen LogP contribution < -0.4 is 14.8 Å². The Balaban J connectivity index is 1.93. The Morgan fingerprint density at radius 1 is 1.24 bits per heavy atom. The van der Waals surface area contributed by atoms with Crippen LogP contribution in [0.4, 0.5) is 5.69 Å². The van der Waals surface area contributed by atoms with E-state index < -0.39 is 10.8 Å². The highest BCUT2D eigenvalue weighted by Crippen LogP contribution is 2.25. The standard InChI is InChI=1S/C17H17ClN2O5/c1-11(10-25-14-6-4-13(24-2)5-7-14)19-17(21)12-3-8-15(18)16(9-12)20(22)23/h3-9,11H,10H2,1-2H3,(H,19,21)/t11-/m0/s1. The average Bonchev–Trinajstić information content (AvgIpc) is 2.60. The minimum Gasteiger partial charge on any atom is -0.497 e. The number of hydrogen-bond acceptors (Lipinski definition) is 5. The van der Waals surface area contributed by atoms with E-state index in [1.54, 1.807) is 38.3 Å². The zero-order chi connectivity index (χ0) is 18.4. The molecule has 8 heteroatoms. The largest absolute Gasteiger partial charge is 0.497 e. The van der Waals surface area contributed by atoms with Crippen molar-refractivity contribution in [2.45, 2.75) is 13.0 Å². The first-order valence-electron chi connectivity index (χ1n) is 7.42. The van der Waals surface area contributed by atoms with Gasteiger partial charge in [0.25, 0.3) is 11.6 Å². The number of hydrogen-bond donors (Lipinski definition) is 1. The maximum Gasteiger partial charge on any atom is 0.288 e. The lowest BCUT2D eigenvalue weighted by Crippen LogP contribution is -2.36. The normalized spacial score (nSPS) is 11.5. The quantitative estimate of drug-likeness (QED) is 0.600. The van der Waals surface area contributed by atoms with Crippen molar-refractivity contribution in [1.82, 2.24) is 5.32 Å². The highest BCUT2D eigenvalue weighted by Gasteiger charge is 2.17. The van der Waals surface area contributed by atoms with E-state index in [0.29, 0.717) is 5.75 Å². The monoisotopic (exact) mass is 364 g/mol. The predicted octanol–water partition coefficient (Wildman–Crippen LogP) is 3.45. The average molecular weight is 365 g/mol. The Kier molecular flexibility index (Phi) is 6.19. The molecule has 0 saturated carbocycles. The van der Waals surface area contributed by atoms with Crippen LogP contribution in [0.3, 0.4) is 0 Å². The number of carbonyl (C=O) groups excluding carboxylic acids is 1. The Hall–Kier alpha value is -2.80. The summed E-state index contributed by atoms with van der Waals surface area (Å²) in [4.78, 5) is 22.4. The molecular weight excluding hydrogens is 348 g/mol. The minimum atomic E-state index is -0.630. The van der Waals surface area contributed by atoms with Crippen LogP contribution in [-0.4, -0.2) is 30.6 Å². The molecule has 0 aromatic heterocycles. The molecule has 2 aromatic carbocycles. The summed E-state index contributed by atoms with van der Waals surface area (Å²) in [7, 11) is 1.58. The van der Waals surface area contributed by atoms with Crippen molar-refractivity contribution in [3.05, 3.63) is 63.2 Å². The summed E-state index contributed by atoms with van der Waals surface area (Å²) in [5.74, 6) is 0.924. The molecule has 1 N–H and O–H groups in total. The molecule has 25 heavy (non-hydrogen) atoms. The van der Waals surface area contributed by atoms with Gasteiger partial charge in [0.1, 0.15) is 23.1 Å². The van der Waals surface area contributed by atoms with Gasteiger partial charge in [-0.1, -0.05) is 11.6 Å². The van der Waals surface area contributed by atoms with Gasteiger partial charge in [-0.15, -0.1) is 0 Å². The second-order valence-corrected chi connectivity index (χ2v) is 5.69. The van der Waals surface area contributed by atoms with Crippen LogP contribution in [0.1, 0.15) is 17.3 Å². The molecular formula is C17H17ClN2O5. The van der Waals surface area contributed by atoms with E-state index in [4.69, 9.17) is 21.1 Å². The van der Waals surface area contributed by atoms with Crippen LogP contribution >= 0.6 is 11.6 Å². The van der Waals surface area contributed by atoms with Crippen LogP contribution in [0.5, 0.6) is 11.5 Å². The number of halogens is 1. The van der Waals surface area contributed by atoms with E-state index in [1.807, 2.05) is 0 Å². The summed E-state index contributed by atoms with van der Waals surface area (Å²) in [6.07, 6.45) is 0. The first kappa shape index (κ1) is 18.5. The lowest BCUT2D eigenvalue weighted by molar-refractivity contribution is -0.384. The summed E-state index contributed by atoms with van der Waals surface area (Å²) in [5, 5.41) is 13.6. The molecule has 0 aliphatic heterocycles. The van der Waals surface area contributed by atoms with E-state index in [9.17, 15) is 14.9 Å². The second-order valence-electron chi connectivity index (χ2n) is 5.28. The van der Waals surface area contributed by atoms with Crippen molar-refractivity contribution in [2.75, 3.05) is 13.7 Å². The molecule has 0 heterocycles. The Bertz CT molecular complexity index is 764. The Labute approximate surface area is 149 Å². The fourth-order valence-electron chi connectivity index (χ4n) is 2.04. The number of methoxy groups -OCH3 is 1. The van der Waals surface area contributed by atoms with E-state index >= 15 is 0 Å². The molecule has 132 valence electrons. The lowest BCUT2D eigenvalue weighted by Gasteiger charge is -2.15. The summed E-state index contributed by atoms with van der Waals surface area (Å²) in [5.41, 5.74) is -0.149. The molecule has 7 nitrogen and oxygen atoms in total. The van der Waals surface area contributed by atoms with E-state index in [0.717, 1.165) is 11.8 Å². The lowest BCUT2D eigenvalue weighted by atomic mass is 10.2. The zero-order valence-electron chi connectivity index (χ0n) is 13.7. The van der Waals surface area contributed by atoms with E-state index in [1.165, 1.54) is 12.1 Å². The third kappa shape index (κ3) is 5.09. The van der Waals surface area contributed by atoms with Gasteiger partial charge >= 0.3 is 0 Å². The summed E-state index contributed by atoms with van der Waals surface area (Å²) in [6, 6.07) is 10.7. The SMILES string of the molecule is COc1ccc(OC[C@H](C)NC(=O)c2ccc(Cl)c([N+](=O)[O-])c2)cc1. The Morgan fingerprint density at radius 2 is 1.88 bits per heavy atom. The molecule has 0 unspecified atom stereocenters. The molecule has 0 saturated heterocycles. The highest BCUT2D eigenvalue weighted by molar-refractivity contribution is 6.32. The van der Waals surface area contributed by atoms with Gasteiger partial charge in [-0.3, -0.25) is 14.9 Å². The number of ether oxygens (including phenoxy) is 2. The van der Waals surface area contributed by atoms with Gasteiger partial charge in [0.15, 0.2) is 0 Å². The second kappa shape index (κ2) is 8.34. The van der Waals surface area contributed by atoms with Crippen molar-refractivity contribution < 1.29 is 19.2 Å². The molecule has 1 atom stereocenters. The summed E-state index contributed by atoms with van der Waals surface area (Å²) in [6.45, 7) is 2.01. The van der Waals surface area contributed by atoms with Crippen LogP contribution in [0.15, 0.2) is 42.5 Å². The molecule has 2 rings (SSSR count). The fourth-order valence-corrected chi connectivity index (χ4v) is 2.22. The number of carbonyl (C=O) groups is 1. The van der Waals surface area contributed by atoms with Gasteiger partial charge in [0.2, 0.25) is 0 Å². The predicted molar refractivity (Wildman–Crippen MR) is 93.5 cm³/mol. The molecule has 0 radical (unpaired) electrons. The topological polar surface area (TPSA) is 90.7 Å². The van der Waals surface area contributed by atoms with Crippen LogP contribution in [0.25, 0.3) is 0 Å². The third-order valence-electron chi connectivity index (χ3n) is 3.34. The van der Waals surface area contributed by atoms with Crippen molar-refractivity contribution >= 4 is 23.2 Å². The molecule has 0 fully saturated rings. The molecule has 0 bridgehead atoms. The first-order chi connectivity index (χ1) is 11.9. The van der Waals surface area contributed by atoms with Gasteiger partial charge in [0, 0.05) is 11.6 Å². The molecule has 1 amide bonds. The van der Waals surface area contributed by atoms with Crippen molar-refractivity contribution in [3.63, 3.8) is 0 Å². The third-order valence-corrected chi connectivity index (χ3v) is 3.66. The summed E-state index contributed by atoms with van der Waals surface area (Å²) >= 11 is 5.74. The van der Waals surface area contributed by atoms with Crippen molar-refractivity contribution in [3.8, 4) is 11.5 Å². The van der Waals surface area contributed by atoms with E-state index in [-0.39, 0.29) is 28.9 Å². The first-order valence-corrected chi connectivity index (χ1v) is 7.80. The molecule has 2 aromatic rings. The molecule has 0 spiro atoms. The van der Waals surface area contributed by atoms with Crippen LogP contribution in [0, 0.1) is 10.1 Å². The highest BCUT2D eigenvalue weighted by atomic mass is 35.5. The van der Waals surface area contributed by atoms with Crippen molar-refractivity contribution in [1.29, 1.82) is 0 Å². The number of benzene rings is 2. The van der Waals surface area contributed by atoms with Crippen LogP contribution in [-0.2, 0) is 0 Å². The minimum absolute atomic E-state index is 0.0163. The number of nitro benzene ring substituents is 1. The zero-order valence-corrected chi connectivity index (χ0v) is 14.4. The van der Waals surface area contributed by atoms with Gasteiger partial charge in [-0.05, 0) is 43.3 Å². The van der Waals surface area contributed by atoms with Gasteiger partial charge < -0.3 is 14.8 Å². The maximum atomic E-state index is 12.2. The van der Waals surface area contributed by atoms with Gasteiger partial charge in [-0.2, -0.15) is 0 Å². The van der Waals surface area contributed by atoms with Gasteiger partial charge in [-0.25, -0.2) is 0 Å². The Morgan fingerprint density at radius 3 is 2.48 bits per heavy atom. The number of amides is 1. The molecule has 0 aliphatic rings. The smallest absolute Gasteiger partial charge is 0.288 e. The molecule has 0 aliphatic carbocycles. The van der Waals surface area contributed by atoms with Gasteiger partial charge in [0.05, 0.1) is 18.1 Å².